The molecule has 9 rings (SSSR count). The maximum atomic E-state index is 13.2. The van der Waals surface area contributed by atoms with E-state index in [9.17, 15) is 43.4 Å². The van der Waals surface area contributed by atoms with Crippen molar-refractivity contribution in [2.75, 3.05) is 77.1 Å². The molecule has 0 radical (unpaired) electrons. The van der Waals surface area contributed by atoms with Crippen molar-refractivity contribution in [3.8, 4) is 40.3 Å². The number of methoxy groups -OCH3 is 1. The molecule has 512 valence electrons. The third-order valence-electron chi connectivity index (χ3n) is 15.8. The fourth-order valence-corrected chi connectivity index (χ4v) is 14.8. The third-order valence-corrected chi connectivity index (χ3v) is 19.6. The van der Waals surface area contributed by atoms with E-state index in [0.717, 1.165) is 57.7 Å². The predicted molar refractivity (Wildman–Crippen MR) is 342 cm³/mol. The number of aromatic nitrogens is 4. The SMILES string of the molecule is COc1ccc2c(c1)cc1c([n+]2C)-c2cc3c(cc2OC1)N(CCCC(=O)CCCNC(=O)c1cccc(OCC(N=[N+]=[N-])OCCOCC(=O)NCC#Cc2cn([C@H]4CC(OCN=[N+]=[N-])[C@@H](COP(=O)(O)OP(=O)(O)OP(=O)(O)O)O4)c4ncnc(N)c24)c1)C(C)(C)CC3C. The van der Waals surface area contributed by atoms with Crippen molar-refractivity contribution in [1.82, 2.24) is 25.2 Å². The Morgan fingerprint density at radius 1 is 0.979 bits per heavy atom. The number of fused-ring (bicyclic) bond motifs is 6. The van der Waals surface area contributed by atoms with Gasteiger partial charge in [-0.1, -0.05) is 35.1 Å². The van der Waals surface area contributed by atoms with E-state index in [4.69, 9.17) is 58.7 Å². The number of nitrogens with zero attached hydrogens (tertiary/aromatic N) is 11. The predicted octanol–water partition coefficient (Wildman–Crippen LogP) is 7.71. The minimum absolute atomic E-state index is 0.0126. The van der Waals surface area contributed by atoms with Crippen LogP contribution in [0.3, 0.4) is 0 Å². The molecule has 7 atom stereocenters. The molecule has 3 aliphatic heterocycles. The van der Waals surface area contributed by atoms with Crippen LogP contribution >= 0.6 is 23.5 Å². The van der Waals surface area contributed by atoms with Crippen LogP contribution in [0.15, 0.2) is 83.4 Å². The first-order valence-electron chi connectivity index (χ1n) is 30.0. The van der Waals surface area contributed by atoms with Crippen LogP contribution in [0.1, 0.15) is 98.5 Å². The lowest BCUT2D eigenvalue weighted by atomic mass is 9.78. The van der Waals surface area contributed by atoms with Crippen LogP contribution in [-0.4, -0.2) is 142 Å². The fourth-order valence-electron chi connectivity index (χ4n) is 11.7. The summed E-state index contributed by atoms with van der Waals surface area (Å²) in [5.74, 6) is 7.14. The van der Waals surface area contributed by atoms with E-state index >= 15 is 0 Å². The van der Waals surface area contributed by atoms with Crippen LogP contribution in [0.4, 0.5) is 11.5 Å². The Bertz CT molecular complexity index is 4210. The molecule has 8 N–H and O–H groups in total. The van der Waals surface area contributed by atoms with Gasteiger partial charge in [0.2, 0.25) is 17.1 Å². The number of ketones is 1. The second-order valence-corrected chi connectivity index (χ2v) is 27.4. The maximum Gasteiger partial charge on any atom is 0.490 e. The smallest absolute Gasteiger partial charge is 0.490 e. The zero-order chi connectivity index (χ0) is 69.0. The zero-order valence-electron chi connectivity index (χ0n) is 52.8. The fraction of sp³-hybridized carbons (Fsp3) is 0.458. The summed E-state index contributed by atoms with van der Waals surface area (Å²) in [6.45, 7) is 5.79. The van der Waals surface area contributed by atoms with Gasteiger partial charge >= 0.3 is 23.5 Å². The van der Waals surface area contributed by atoms with Crippen molar-refractivity contribution in [2.24, 2.45) is 17.3 Å². The van der Waals surface area contributed by atoms with Gasteiger partial charge in [-0.15, -0.1) is 0 Å². The van der Waals surface area contributed by atoms with Crippen molar-refractivity contribution in [3.63, 3.8) is 0 Å². The van der Waals surface area contributed by atoms with Crippen LogP contribution in [-0.2, 0) is 69.0 Å². The first-order valence-corrected chi connectivity index (χ1v) is 34.6. The minimum atomic E-state index is -5.82. The second-order valence-electron chi connectivity index (χ2n) is 23.0. The van der Waals surface area contributed by atoms with E-state index < -0.39 is 74.0 Å². The Balaban J connectivity index is 0.679. The Morgan fingerprint density at radius 3 is 2.55 bits per heavy atom. The number of pyridine rings is 1. The molecule has 3 aromatic heterocycles. The Morgan fingerprint density at radius 2 is 1.78 bits per heavy atom. The minimum Gasteiger partial charge on any atom is -0.497 e. The van der Waals surface area contributed by atoms with Crippen molar-refractivity contribution >= 4 is 74.5 Å². The van der Waals surface area contributed by atoms with Crippen molar-refractivity contribution < 1.29 is 98.5 Å². The van der Waals surface area contributed by atoms with Gasteiger partial charge in [-0.05, 0) is 98.1 Å². The molecule has 2 amide bonds. The number of hydrogen-bond donors (Lipinski definition) is 7. The molecule has 5 unspecified atom stereocenters. The van der Waals surface area contributed by atoms with Crippen molar-refractivity contribution in [3.05, 3.63) is 116 Å². The number of nitrogens with one attached hydrogen (secondary N) is 2. The van der Waals surface area contributed by atoms with Crippen LogP contribution in [0.5, 0.6) is 17.2 Å². The van der Waals surface area contributed by atoms with Crippen molar-refractivity contribution in [1.29, 1.82) is 0 Å². The molecule has 3 aromatic carbocycles. The lowest BCUT2D eigenvalue weighted by Gasteiger charge is -2.48. The number of benzene rings is 3. The van der Waals surface area contributed by atoms with Gasteiger partial charge in [-0.2, -0.15) is 13.2 Å². The Kier molecular flexibility index (Phi) is 23.8. The summed E-state index contributed by atoms with van der Waals surface area (Å²) in [4.78, 5) is 92.4. The number of azide groups is 2. The summed E-state index contributed by atoms with van der Waals surface area (Å²) in [6, 6.07) is 19.2. The highest BCUT2D eigenvalue weighted by Gasteiger charge is 2.45. The number of phosphoric acid groups is 3. The van der Waals surface area contributed by atoms with Crippen molar-refractivity contribution in [2.45, 2.75) is 102 Å². The molecule has 1 fully saturated rings. The quantitative estimate of drug-likeness (QED) is 0.00404. The van der Waals surface area contributed by atoms with Crippen LogP contribution in [0.2, 0.25) is 0 Å². The number of hydrogen-bond acceptors (Lipinski definition) is 22. The Hall–Kier alpha value is -8.27. The van der Waals surface area contributed by atoms with E-state index in [0.29, 0.717) is 56.1 Å². The highest BCUT2D eigenvalue weighted by atomic mass is 31.3. The summed E-state index contributed by atoms with van der Waals surface area (Å²) in [7, 11) is -13.3. The number of carbonyl (C=O) groups excluding carboxylic acids is 3. The summed E-state index contributed by atoms with van der Waals surface area (Å²) in [5, 5.41) is 13.7. The van der Waals surface area contributed by atoms with Gasteiger partial charge in [0.15, 0.2) is 6.23 Å². The largest absolute Gasteiger partial charge is 0.497 e. The molecular formula is C59H72N14O20P3+. The highest BCUT2D eigenvalue weighted by Crippen LogP contribution is 2.66. The standard InChI is InChI=1S/C59H71N14O20P3/c1-36-28-59(2,3)73(47-26-48-45(25-44(36)47)55-40(30-88-48)22-39-24-42(84-5)15-16-46(39)71(55)4)19-9-13-41(74)12-8-18-64-58(76)37-10-6-14-43(23-37)87-33-52(68-70-62)86-21-20-85-32-51(75)63-17-7-11-38-29-72(57-54(38)56(60)65-34-66-57)53-27-49(89-35-67-69-61)50(91-53)31-90-95(80,81)93-96(82,83)92-94(77,78)79/h6,10,14-16,22-26,29,34,36,49-50,52-53H,8-9,12-13,17-21,27-28,30-33,35H2,1-5H3,(H7-,60,63,64,65,66,75,76,77,78,79,80,81,82,83)/p+1/t36?,49?,50-,52?,53-/m1/s1. The first-order chi connectivity index (χ1) is 45.8. The molecule has 6 aromatic rings. The Labute approximate surface area is 549 Å². The van der Waals surface area contributed by atoms with E-state index in [-0.39, 0.29) is 79.0 Å². The molecule has 37 heteroatoms. The number of carbonyl (C=O) groups is 3. The van der Waals surface area contributed by atoms with Crippen LogP contribution < -0.4 is 40.0 Å². The number of anilines is 2. The maximum absolute atomic E-state index is 13.2. The molecule has 0 saturated carbocycles. The highest BCUT2D eigenvalue weighted by molar-refractivity contribution is 7.66. The average Bonchev–Trinajstić information content (AvgIpc) is 1.19. The van der Waals surface area contributed by atoms with Crippen LogP contribution in [0, 0.1) is 11.8 Å². The van der Waals surface area contributed by atoms with E-state index in [1.807, 2.05) is 12.1 Å². The van der Waals surface area contributed by atoms with Gasteiger partial charge in [-0.3, -0.25) is 18.9 Å². The van der Waals surface area contributed by atoms with E-state index in [1.165, 1.54) is 22.4 Å². The molecule has 0 spiro atoms. The lowest BCUT2D eigenvalue weighted by Crippen LogP contribution is -2.49. The molecule has 0 aliphatic carbocycles. The zero-order valence-corrected chi connectivity index (χ0v) is 55.5. The molecule has 96 heavy (non-hydrogen) atoms. The number of amides is 2. The number of phosphoric ester groups is 1. The normalized spacial score (nSPS) is 18.5. The van der Waals surface area contributed by atoms with Gasteiger partial charge in [0.1, 0.15) is 86.8 Å². The topological polar surface area (TPSA) is 461 Å². The molecule has 0 bridgehead atoms. The molecule has 3 aliphatic rings. The number of aryl methyl sites for hydroxylation is 1. The van der Waals surface area contributed by atoms with E-state index in [2.05, 4.69) is 123 Å². The summed E-state index contributed by atoms with van der Waals surface area (Å²) < 4.78 is 91.8. The van der Waals surface area contributed by atoms with Crippen LogP contribution in [0.25, 0.3) is 54.1 Å². The van der Waals surface area contributed by atoms with Gasteiger partial charge < -0.3 is 78.6 Å². The number of Topliss-reactive ketones (excluding diaryl/α,β-unsaturated/α-hetero) is 1. The third kappa shape index (κ3) is 18.6. The molecule has 6 heterocycles. The second kappa shape index (κ2) is 31.7. The summed E-state index contributed by atoms with van der Waals surface area (Å²) in [5.41, 5.74) is 31.6. The molecule has 34 nitrogen and oxygen atoms in total. The monoisotopic (exact) mass is 1390 g/mol. The number of nitrogen functional groups attached to an aromatic ring is 1. The summed E-state index contributed by atoms with van der Waals surface area (Å²) in [6.07, 6.45) is 0.943. The number of nitrogens with two attached hydrogens (primary N) is 1. The van der Waals surface area contributed by atoms with Gasteiger partial charge in [0.05, 0.1) is 67.0 Å². The average molecular weight is 1390 g/mol. The van der Waals surface area contributed by atoms with Gasteiger partial charge in [0.25, 0.3) is 5.91 Å². The van der Waals surface area contributed by atoms with E-state index in [1.54, 1.807) is 25.3 Å². The van der Waals surface area contributed by atoms with Gasteiger partial charge in [0, 0.05) is 77.3 Å². The lowest BCUT2D eigenvalue weighted by molar-refractivity contribution is -0.634. The molecule has 1 saturated heterocycles. The van der Waals surface area contributed by atoms with Gasteiger partial charge in [-0.25, -0.2) is 23.7 Å². The molecular weight excluding hydrogens is 1320 g/mol. The number of ether oxygens (including phenoxy) is 7. The summed E-state index contributed by atoms with van der Waals surface area (Å²) >= 11 is 0. The first kappa shape index (κ1) is 72.0. The number of rotatable bonds is 32.